The molecule has 460 valence electrons. The molecule has 0 radical (unpaired) electrons. The number of ether oxygens (including phenoxy) is 3. The summed E-state index contributed by atoms with van der Waals surface area (Å²) in [5.74, 6) is -0.876. The van der Waals surface area contributed by atoms with E-state index < -0.39 is 6.10 Å². The Kier molecular flexibility index (Phi) is 65.1. The fourth-order valence-corrected chi connectivity index (χ4v) is 10.2. The van der Waals surface area contributed by atoms with Crippen LogP contribution in [0, 0.1) is 0 Å². The average molecular weight is 1110 g/mol. The molecule has 79 heavy (non-hydrogen) atoms. The highest BCUT2D eigenvalue weighted by atomic mass is 16.6. The van der Waals surface area contributed by atoms with E-state index in [4.69, 9.17) is 14.2 Å². The Balaban J connectivity index is 4.09. The third kappa shape index (κ3) is 65.8. The lowest BCUT2D eigenvalue weighted by Gasteiger charge is -2.18. The Morgan fingerprint density at radius 2 is 0.468 bits per heavy atom. The van der Waals surface area contributed by atoms with E-state index in [2.05, 4.69) is 81.5 Å². The molecular formula is C73H132O6. The molecule has 0 saturated heterocycles. The summed E-state index contributed by atoms with van der Waals surface area (Å²) in [6.07, 6.45) is 86.9. The Morgan fingerprint density at radius 3 is 0.772 bits per heavy atom. The van der Waals surface area contributed by atoms with Gasteiger partial charge < -0.3 is 14.2 Å². The SMILES string of the molecule is CCCC/C=C\CCCCCCCC(=O)OCC(COC(=O)CCCCCCCCCCCCCCCCCCCCCCC/C=C\C/C=C\CCCCCCC)OC(=O)CCCCCCCCC/C=C\C/C=C\CCCCC. The quantitative estimate of drug-likeness (QED) is 0.0261. The van der Waals surface area contributed by atoms with Gasteiger partial charge in [-0.3, -0.25) is 14.4 Å². The van der Waals surface area contributed by atoms with E-state index in [1.54, 1.807) is 0 Å². The Morgan fingerprint density at radius 1 is 0.253 bits per heavy atom. The highest BCUT2D eigenvalue weighted by molar-refractivity contribution is 5.71. The van der Waals surface area contributed by atoms with Gasteiger partial charge in [-0.1, -0.05) is 306 Å². The minimum Gasteiger partial charge on any atom is -0.462 e. The molecule has 0 bridgehead atoms. The summed E-state index contributed by atoms with van der Waals surface area (Å²) in [6.45, 7) is 6.60. The molecule has 0 aliphatic heterocycles. The number of hydrogen-bond donors (Lipinski definition) is 0. The maximum Gasteiger partial charge on any atom is 0.306 e. The smallest absolute Gasteiger partial charge is 0.306 e. The molecular weight excluding hydrogens is 973 g/mol. The molecule has 0 saturated carbocycles. The zero-order valence-corrected chi connectivity index (χ0v) is 52.9. The van der Waals surface area contributed by atoms with Crippen LogP contribution in [0.4, 0.5) is 0 Å². The molecule has 0 amide bonds. The van der Waals surface area contributed by atoms with Gasteiger partial charge in [-0.05, 0) is 103 Å². The molecule has 0 rings (SSSR count). The summed E-state index contributed by atoms with van der Waals surface area (Å²) >= 11 is 0. The first-order valence-corrected chi connectivity index (χ1v) is 34.8. The van der Waals surface area contributed by atoms with E-state index in [0.717, 1.165) is 83.5 Å². The fourth-order valence-electron chi connectivity index (χ4n) is 10.2. The number of esters is 3. The van der Waals surface area contributed by atoms with Gasteiger partial charge in [0.2, 0.25) is 0 Å². The molecule has 1 unspecified atom stereocenters. The molecule has 0 spiro atoms. The van der Waals surface area contributed by atoms with Gasteiger partial charge >= 0.3 is 17.9 Å². The first kappa shape index (κ1) is 76.1. The topological polar surface area (TPSA) is 78.9 Å². The minimum absolute atomic E-state index is 0.0765. The van der Waals surface area contributed by atoms with Crippen molar-refractivity contribution in [3.8, 4) is 0 Å². The Bertz CT molecular complexity index is 1410. The van der Waals surface area contributed by atoms with Crippen molar-refractivity contribution in [2.75, 3.05) is 13.2 Å². The largest absolute Gasteiger partial charge is 0.462 e. The molecule has 0 fully saturated rings. The van der Waals surface area contributed by atoms with Crippen LogP contribution < -0.4 is 0 Å². The number of unbranched alkanes of at least 4 members (excludes halogenated alkanes) is 43. The van der Waals surface area contributed by atoms with Crippen LogP contribution in [0.5, 0.6) is 0 Å². The second-order valence-electron chi connectivity index (χ2n) is 23.4. The monoisotopic (exact) mass is 1110 g/mol. The summed E-state index contributed by atoms with van der Waals surface area (Å²) in [5.41, 5.74) is 0. The lowest BCUT2D eigenvalue weighted by atomic mass is 10.0. The van der Waals surface area contributed by atoms with Crippen LogP contribution in [0.15, 0.2) is 60.8 Å². The molecule has 0 aromatic carbocycles. The van der Waals surface area contributed by atoms with Crippen LogP contribution in [0.3, 0.4) is 0 Å². The minimum atomic E-state index is -0.780. The van der Waals surface area contributed by atoms with E-state index in [0.29, 0.717) is 19.3 Å². The van der Waals surface area contributed by atoms with Crippen molar-refractivity contribution in [3.63, 3.8) is 0 Å². The van der Waals surface area contributed by atoms with E-state index in [1.807, 2.05) is 0 Å². The first-order chi connectivity index (χ1) is 39.0. The Hall–Kier alpha value is -2.89. The van der Waals surface area contributed by atoms with Gasteiger partial charge in [-0.25, -0.2) is 0 Å². The molecule has 0 N–H and O–H groups in total. The van der Waals surface area contributed by atoms with Crippen molar-refractivity contribution in [1.29, 1.82) is 0 Å². The summed E-state index contributed by atoms with van der Waals surface area (Å²) in [7, 11) is 0. The van der Waals surface area contributed by atoms with Gasteiger partial charge in [-0.2, -0.15) is 0 Å². The third-order valence-corrected chi connectivity index (χ3v) is 15.5. The summed E-state index contributed by atoms with van der Waals surface area (Å²) in [4.78, 5) is 38.3. The zero-order valence-electron chi connectivity index (χ0n) is 52.9. The molecule has 6 nitrogen and oxygen atoms in total. The number of allylic oxidation sites excluding steroid dienone is 10. The van der Waals surface area contributed by atoms with E-state index in [1.165, 1.54) is 244 Å². The molecule has 0 aromatic heterocycles. The lowest BCUT2D eigenvalue weighted by Crippen LogP contribution is -2.30. The predicted octanol–water partition coefficient (Wildman–Crippen LogP) is 23.9. The Labute approximate surface area is 491 Å². The van der Waals surface area contributed by atoms with E-state index in [9.17, 15) is 14.4 Å². The second-order valence-corrected chi connectivity index (χ2v) is 23.4. The normalized spacial score (nSPS) is 12.4. The maximum absolute atomic E-state index is 12.9. The highest BCUT2D eigenvalue weighted by Crippen LogP contribution is 2.18. The van der Waals surface area contributed by atoms with Crippen LogP contribution in [0.1, 0.15) is 367 Å². The lowest BCUT2D eigenvalue weighted by molar-refractivity contribution is -0.167. The molecule has 0 heterocycles. The first-order valence-electron chi connectivity index (χ1n) is 34.8. The predicted molar refractivity (Wildman–Crippen MR) is 344 cm³/mol. The van der Waals surface area contributed by atoms with E-state index >= 15 is 0 Å². The summed E-state index contributed by atoms with van der Waals surface area (Å²) in [5, 5.41) is 0. The van der Waals surface area contributed by atoms with Crippen LogP contribution >= 0.6 is 0 Å². The van der Waals surface area contributed by atoms with Crippen LogP contribution in [-0.4, -0.2) is 37.2 Å². The van der Waals surface area contributed by atoms with E-state index in [-0.39, 0.29) is 31.1 Å². The van der Waals surface area contributed by atoms with Crippen molar-refractivity contribution in [2.24, 2.45) is 0 Å². The molecule has 0 aromatic rings. The second kappa shape index (κ2) is 67.6. The molecule has 1 atom stereocenters. The van der Waals surface area contributed by atoms with Crippen molar-refractivity contribution in [3.05, 3.63) is 60.8 Å². The number of hydrogen-bond acceptors (Lipinski definition) is 6. The van der Waals surface area contributed by atoms with Crippen molar-refractivity contribution in [1.82, 2.24) is 0 Å². The number of rotatable bonds is 64. The van der Waals surface area contributed by atoms with Gasteiger partial charge in [0.1, 0.15) is 13.2 Å². The third-order valence-electron chi connectivity index (χ3n) is 15.5. The average Bonchev–Trinajstić information content (AvgIpc) is 3.45. The maximum atomic E-state index is 12.9. The summed E-state index contributed by atoms with van der Waals surface area (Å²) < 4.78 is 16.9. The van der Waals surface area contributed by atoms with Crippen molar-refractivity contribution >= 4 is 17.9 Å². The number of carbonyl (C=O) groups excluding carboxylic acids is 3. The fraction of sp³-hybridized carbons (Fsp3) is 0.822. The van der Waals surface area contributed by atoms with Crippen molar-refractivity contribution in [2.45, 2.75) is 374 Å². The zero-order chi connectivity index (χ0) is 57.1. The molecule has 6 heteroatoms. The van der Waals surface area contributed by atoms with Gasteiger partial charge in [0.05, 0.1) is 0 Å². The van der Waals surface area contributed by atoms with Gasteiger partial charge in [0.25, 0.3) is 0 Å². The molecule has 0 aliphatic carbocycles. The summed E-state index contributed by atoms with van der Waals surface area (Å²) in [6, 6.07) is 0. The van der Waals surface area contributed by atoms with Gasteiger partial charge in [0.15, 0.2) is 6.10 Å². The van der Waals surface area contributed by atoms with Gasteiger partial charge in [0, 0.05) is 19.3 Å². The van der Waals surface area contributed by atoms with Crippen LogP contribution in [0.25, 0.3) is 0 Å². The van der Waals surface area contributed by atoms with Crippen molar-refractivity contribution < 1.29 is 28.6 Å². The molecule has 0 aliphatic rings. The van der Waals surface area contributed by atoms with Crippen LogP contribution in [-0.2, 0) is 28.6 Å². The van der Waals surface area contributed by atoms with Crippen LogP contribution in [0.2, 0.25) is 0 Å². The standard InChI is InChI=1S/C73H132O6/c1-4-7-10-13-16-19-22-24-26-28-29-30-31-32-33-34-35-36-37-38-39-40-41-42-43-45-46-48-51-54-57-60-63-66-72(75)78-69-70(68-77-71(74)65-62-59-56-53-50-21-18-15-12-9-6-3)79-73(76)67-64-61-58-55-52-49-47-44-27-25-23-20-17-14-11-8-5-2/h15,17-18,20,22,24-25,27-29,70H,4-14,16,19,21,23,26,30-69H2,1-3H3/b18-15-,20-17-,24-22-,27-25-,29-28-. The van der Waals surface area contributed by atoms with Gasteiger partial charge in [-0.15, -0.1) is 0 Å². The number of carbonyl (C=O) groups is 3. The highest BCUT2D eigenvalue weighted by Gasteiger charge is 2.19.